The summed E-state index contributed by atoms with van der Waals surface area (Å²) >= 11 is 3.50. The van der Waals surface area contributed by atoms with Gasteiger partial charge in [-0.25, -0.2) is 4.98 Å². The van der Waals surface area contributed by atoms with Crippen LogP contribution in [0.25, 0.3) is 11.3 Å². The monoisotopic (exact) mass is 294 g/mol. The van der Waals surface area contributed by atoms with E-state index in [1.54, 1.807) is 7.11 Å². The molecule has 0 spiro atoms. The van der Waals surface area contributed by atoms with Gasteiger partial charge in [-0.15, -0.1) is 0 Å². The van der Waals surface area contributed by atoms with Crippen LogP contribution in [0.15, 0.2) is 22.8 Å². The minimum absolute atomic E-state index is 0.877. The second kappa shape index (κ2) is 4.53. The van der Waals surface area contributed by atoms with Gasteiger partial charge >= 0.3 is 0 Å². The molecule has 1 aromatic carbocycles. The van der Waals surface area contributed by atoms with E-state index in [4.69, 9.17) is 4.74 Å². The summed E-state index contributed by atoms with van der Waals surface area (Å²) in [6.07, 6.45) is 0. The molecule has 2 aromatic rings. The van der Waals surface area contributed by atoms with Crippen LogP contribution in [0.5, 0.6) is 5.75 Å². The number of nitrogens with zero attached hydrogens (tertiary/aromatic N) is 2. The maximum absolute atomic E-state index is 5.27. The summed E-state index contributed by atoms with van der Waals surface area (Å²) in [5.74, 6) is 1.89. The van der Waals surface area contributed by atoms with E-state index in [0.717, 1.165) is 33.0 Å². The molecule has 2 rings (SSSR count). The molecular formula is C13H15BrN2O. The number of ether oxygens (including phenoxy) is 1. The van der Waals surface area contributed by atoms with Crippen molar-refractivity contribution in [1.82, 2.24) is 9.55 Å². The second-order valence-electron chi connectivity index (χ2n) is 4.04. The number of benzene rings is 1. The van der Waals surface area contributed by atoms with Crippen molar-refractivity contribution < 1.29 is 4.74 Å². The van der Waals surface area contributed by atoms with Crippen molar-refractivity contribution >= 4 is 15.9 Å². The molecular weight excluding hydrogens is 280 g/mol. The summed E-state index contributed by atoms with van der Waals surface area (Å²) in [6, 6.07) is 6.15. The van der Waals surface area contributed by atoms with Gasteiger partial charge in [0.25, 0.3) is 0 Å². The quantitative estimate of drug-likeness (QED) is 0.848. The molecule has 0 unspecified atom stereocenters. The zero-order chi connectivity index (χ0) is 12.6. The van der Waals surface area contributed by atoms with Gasteiger partial charge in [-0.3, -0.25) is 0 Å². The molecule has 0 saturated carbocycles. The molecule has 0 bridgehead atoms. The van der Waals surface area contributed by atoms with E-state index in [1.165, 1.54) is 0 Å². The number of rotatable bonds is 2. The average molecular weight is 295 g/mol. The van der Waals surface area contributed by atoms with Gasteiger partial charge in [0, 0.05) is 12.6 Å². The van der Waals surface area contributed by atoms with E-state index in [-0.39, 0.29) is 0 Å². The van der Waals surface area contributed by atoms with Crippen molar-refractivity contribution in [3.63, 3.8) is 0 Å². The average Bonchev–Trinajstić information content (AvgIpc) is 2.53. The Kier molecular flexibility index (Phi) is 3.24. The van der Waals surface area contributed by atoms with Crippen molar-refractivity contribution in [2.45, 2.75) is 13.8 Å². The standard InChI is InChI=1S/C13H15BrN2O/c1-8-7-10(5-6-11(8)17-4)12-13(14)15-9(2)16(12)3/h5-7H,1-4H3. The first kappa shape index (κ1) is 12.2. The molecule has 1 aromatic heterocycles. The summed E-state index contributed by atoms with van der Waals surface area (Å²) in [7, 11) is 3.70. The maximum Gasteiger partial charge on any atom is 0.132 e. The van der Waals surface area contributed by atoms with Gasteiger partial charge in [-0.2, -0.15) is 0 Å². The van der Waals surface area contributed by atoms with Crippen LogP contribution in [-0.4, -0.2) is 16.7 Å². The third kappa shape index (κ3) is 2.09. The van der Waals surface area contributed by atoms with Crippen LogP contribution in [-0.2, 0) is 7.05 Å². The summed E-state index contributed by atoms with van der Waals surface area (Å²) in [5, 5.41) is 0. The van der Waals surface area contributed by atoms with Gasteiger partial charge < -0.3 is 9.30 Å². The number of methoxy groups -OCH3 is 1. The Labute approximate surface area is 110 Å². The molecule has 0 radical (unpaired) electrons. The summed E-state index contributed by atoms with van der Waals surface area (Å²) in [5.41, 5.74) is 3.35. The molecule has 0 fully saturated rings. The van der Waals surface area contributed by atoms with Crippen molar-refractivity contribution in [1.29, 1.82) is 0 Å². The third-order valence-corrected chi connectivity index (χ3v) is 3.50. The predicted molar refractivity (Wildman–Crippen MR) is 72.4 cm³/mol. The molecule has 0 atom stereocenters. The largest absolute Gasteiger partial charge is 0.496 e. The van der Waals surface area contributed by atoms with Crippen LogP contribution in [0.4, 0.5) is 0 Å². The van der Waals surface area contributed by atoms with Gasteiger partial charge in [0.1, 0.15) is 16.2 Å². The first-order chi connectivity index (χ1) is 8.04. The molecule has 0 saturated heterocycles. The molecule has 17 heavy (non-hydrogen) atoms. The van der Waals surface area contributed by atoms with Gasteiger partial charge in [0.15, 0.2) is 0 Å². The smallest absolute Gasteiger partial charge is 0.132 e. The Morgan fingerprint density at radius 1 is 1.29 bits per heavy atom. The Morgan fingerprint density at radius 3 is 2.47 bits per heavy atom. The molecule has 0 aliphatic heterocycles. The molecule has 3 nitrogen and oxygen atoms in total. The van der Waals surface area contributed by atoms with Gasteiger partial charge in [0.2, 0.25) is 0 Å². The second-order valence-corrected chi connectivity index (χ2v) is 4.79. The lowest BCUT2D eigenvalue weighted by Gasteiger charge is -2.09. The van der Waals surface area contributed by atoms with E-state index < -0.39 is 0 Å². The minimum Gasteiger partial charge on any atom is -0.496 e. The fourth-order valence-electron chi connectivity index (χ4n) is 1.91. The van der Waals surface area contributed by atoms with Gasteiger partial charge in [0.05, 0.1) is 12.8 Å². The number of hydrogen-bond acceptors (Lipinski definition) is 2. The lowest BCUT2D eigenvalue weighted by molar-refractivity contribution is 0.412. The Bertz CT molecular complexity index is 561. The van der Waals surface area contributed by atoms with Gasteiger partial charge in [-0.1, -0.05) is 0 Å². The van der Waals surface area contributed by atoms with Crippen LogP contribution in [0.3, 0.4) is 0 Å². The van der Waals surface area contributed by atoms with Crippen molar-refractivity contribution in [3.05, 3.63) is 34.2 Å². The zero-order valence-electron chi connectivity index (χ0n) is 10.4. The Morgan fingerprint density at radius 2 is 2.00 bits per heavy atom. The van der Waals surface area contributed by atoms with E-state index in [0.29, 0.717) is 0 Å². The predicted octanol–water partition coefficient (Wildman–Crippen LogP) is 3.48. The SMILES string of the molecule is COc1ccc(-c2c(Br)nc(C)n2C)cc1C. The van der Waals surface area contributed by atoms with Crippen LogP contribution in [0.1, 0.15) is 11.4 Å². The van der Waals surface area contributed by atoms with E-state index in [9.17, 15) is 0 Å². The normalized spacial score (nSPS) is 10.6. The lowest BCUT2D eigenvalue weighted by atomic mass is 10.1. The highest BCUT2D eigenvalue weighted by molar-refractivity contribution is 9.10. The van der Waals surface area contributed by atoms with Crippen molar-refractivity contribution in [2.75, 3.05) is 7.11 Å². The summed E-state index contributed by atoms with van der Waals surface area (Å²) < 4.78 is 8.22. The molecule has 4 heteroatoms. The first-order valence-corrected chi connectivity index (χ1v) is 6.17. The highest BCUT2D eigenvalue weighted by Gasteiger charge is 2.12. The van der Waals surface area contributed by atoms with Crippen LogP contribution >= 0.6 is 15.9 Å². The number of aromatic nitrogens is 2. The zero-order valence-corrected chi connectivity index (χ0v) is 12.0. The van der Waals surface area contributed by atoms with Crippen LogP contribution in [0, 0.1) is 13.8 Å². The molecule has 0 N–H and O–H groups in total. The number of halogens is 1. The van der Waals surface area contributed by atoms with E-state index in [2.05, 4.69) is 31.5 Å². The maximum atomic E-state index is 5.27. The number of aryl methyl sites for hydroxylation is 2. The highest BCUT2D eigenvalue weighted by atomic mass is 79.9. The van der Waals surface area contributed by atoms with E-state index >= 15 is 0 Å². The summed E-state index contributed by atoms with van der Waals surface area (Å²) in [6.45, 7) is 4.03. The minimum atomic E-state index is 0.877. The van der Waals surface area contributed by atoms with E-state index in [1.807, 2.05) is 33.0 Å². The molecule has 0 aliphatic rings. The number of imidazole rings is 1. The lowest BCUT2D eigenvalue weighted by Crippen LogP contribution is -1.95. The van der Waals surface area contributed by atoms with Crippen LogP contribution in [0.2, 0.25) is 0 Å². The Balaban J connectivity index is 2.57. The van der Waals surface area contributed by atoms with Crippen molar-refractivity contribution in [3.8, 4) is 17.0 Å². The Hall–Kier alpha value is -1.29. The molecule has 90 valence electrons. The fourth-order valence-corrected chi connectivity index (χ4v) is 2.66. The van der Waals surface area contributed by atoms with Gasteiger partial charge in [-0.05, 0) is 53.5 Å². The first-order valence-electron chi connectivity index (χ1n) is 5.38. The molecule has 0 aliphatic carbocycles. The fraction of sp³-hybridized carbons (Fsp3) is 0.308. The third-order valence-electron chi connectivity index (χ3n) is 2.94. The number of hydrogen-bond donors (Lipinski definition) is 0. The molecule has 0 amide bonds. The summed E-state index contributed by atoms with van der Waals surface area (Å²) in [4.78, 5) is 4.41. The van der Waals surface area contributed by atoms with Crippen molar-refractivity contribution in [2.24, 2.45) is 7.05 Å². The topological polar surface area (TPSA) is 27.1 Å². The molecule has 1 heterocycles. The van der Waals surface area contributed by atoms with Crippen LogP contribution < -0.4 is 4.74 Å². The highest BCUT2D eigenvalue weighted by Crippen LogP contribution is 2.31.